The van der Waals surface area contributed by atoms with Crippen LogP contribution in [-0.2, 0) is 6.42 Å². The van der Waals surface area contributed by atoms with Gasteiger partial charge in [0.25, 0.3) is 0 Å². The highest BCUT2D eigenvalue weighted by Gasteiger charge is 2.23. The molecule has 1 aliphatic carbocycles. The Labute approximate surface area is 108 Å². The molecule has 1 heterocycles. The summed E-state index contributed by atoms with van der Waals surface area (Å²) < 4.78 is 0. The van der Waals surface area contributed by atoms with E-state index >= 15 is 0 Å². The number of aryl methyl sites for hydroxylation is 1. The molecule has 17 heavy (non-hydrogen) atoms. The second-order valence-electron chi connectivity index (χ2n) is 4.70. The van der Waals surface area contributed by atoms with Crippen molar-refractivity contribution in [1.82, 2.24) is 9.97 Å². The van der Waals surface area contributed by atoms with Crippen LogP contribution in [0.25, 0.3) is 0 Å². The van der Waals surface area contributed by atoms with E-state index in [4.69, 9.17) is 11.6 Å². The van der Waals surface area contributed by atoms with Crippen molar-refractivity contribution >= 4 is 17.4 Å². The van der Waals surface area contributed by atoms with Crippen LogP contribution in [0.4, 0.5) is 5.82 Å². The minimum absolute atomic E-state index is 0.230. The zero-order valence-electron chi connectivity index (χ0n) is 10.3. The van der Waals surface area contributed by atoms with Crippen LogP contribution in [0, 0.1) is 0 Å². The van der Waals surface area contributed by atoms with E-state index < -0.39 is 0 Å². The third-order valence-corrected chi connectivity index (χ3v) is 3.77. The average molecular weight is 254 g/mol. The summed E-state index contributed by atoms with van der Waals surface area (Å²) in [5, 5.41) is 3.68. The van der Waals surface area contributed by atoms with Crippen LogP contribution in [0.15, 0.2) is 12.4 Å². The van der Waals surface area contributed by atoms with Gasteiger partial charge in [-0.1, -0.05) is 26.2 Å². The molecule has 0 aromatic carbocycles. The Balaban J connectivity index is 1.99. The Kier molecular flexibility index (Phi) is 4.60. The molecule has 1 N–H and O–H groups in total. The van der Waals surface area contributed by atoms with Crippen LogP contribution < -0.4 is 5.32 Å². The normalized spacial score (nSPS) is 24.6. The van der Waals surface area contributed by atoms with Gasteiger partial charge in [-0.25, -0.2) is 9.97 Å². The highest BCUT2D eigenvalue weighted by atomic mass is 35.5. The molecule has 1 aliphatic rings. The van der Waals surface area contributed by atoms with Crippen molar-refractivity contribution < 1.29 is 0 Å². The molecule has 1 aromatic heterocycles. The maximum absolute atomic E-state index is 6.33. The number of hydrogen-bond donors (Lipinski definition) is 1. The number of alkyl halides is 1. The van der Waals surface area contributed by atoms with Crippen molar-refractivity contribution in [3.05, 3.63) is 18.1 Å². The summed E-state index contributed by atoms with van der Waals surface area (Å²) in [6.45, 7) is 2.16. The molecule has 2 unspecified atom stereocenters. The van der Waals surface area contributed by atoms with Gasteiger partial charge >= 0.3 is 0 Å². The van der Waals surface area contributed by atoms with E-state index in [9.17, 15) is 0 Å². The van der Waals surface area contributed by atoms with Crippen LogP contribution in [0.1, 0.15) is 44.7 Å². The Bertz CT molecular complexity index is 356. The van der Waals surface area contributed by atoms with Crippen LogP contribution in [0.2, 0.25) is 0 Å². The lowest BCUT2D eigenvalue weighted by atomic mass is 9.95. The molecule has 4 heteroatoms. The molecular formula is C13H20ClN3. The minimum atomic E-state index is 0.230. The van der Waals surface area contributed by atoms with Gasteiger partial charge in [0, 0.05) is 17.8 Å². The first kappa shape index (κ1) is 12.6. The standard InChI is InChI=1S/C13H20ClN3/c1-2-5-10-8-13(16-9-15-10)17-12-7-4-3-6-11(12)14/h8-9,11-12H,2-7H2,1H3,(H,15,16,17). The Hall–Kier alpha value is -0.830. The average Bonchev–Trinajstić information content (AvgIpc) is 2.33. The van der Waals surface area contributed by atoms with Crippen molar-refractivity contribution in [2.24, 2.45) is 0 Å². The van der Waals surface area contributed by atoms with Gasteiger partial charge in [0.15, 0.2) is 0 Å². The molecule has 3 nitrogen and oxygen atoms in total. The molecular weight excluding hydrogens is 234 g/mol. The van der Waals surface area contributed by atoms with Crippen LogP contribution in [-0.4, -0.2) is 21.4 Å². The van der Waals surface area contributed by atoms with Crippen LogP contribution in [0.5, 0.6) is 0 Å². The quantitative estimate of drug-likeness (QED) is 0.836. The van der Waals surface area contributed by atoms with E-state index in [1.807, 2.05) is 6.07 Å². The fourth-order valence-electron chi connectivity index (χ4n) is 2.31. The predicted octanol–water partition coefficient (Wildman–Crippen LogP) is 3.39. The SMILES string of the molecule is CCCc1cc(NC2CCCCC2Cl)ncn1. The molecule has 0 saturated heterocycles. The van der Waals surface area contributed by atoms with Crippen molar-refractivity contribution in [3.63, 3.8) is 0 Å². The van der Waals surface area contributed by atoms with E-state index in [0.29, 0.717) is 6.04 Å². The summed E-state index contributed by atoms with van der Waals surface area (Å²) in [6, 6.07) is 2.40. The lowest BCUT2D eigenvalue weighted by molar-refractivity contribution is 0.468. The molecule has 2 atom stereocenters. The van der Waals surface area contributed by atoms with E-state index in [2.05, 4.69) is 22.2 Å². The lowest BCUT2D eigenvalue weighted by Gasteiger charge is -2.28. The first-order valence-electron chi connectivity index (χ1n) is 6.51. The molecule has 0 amide bonds. The summed E-state index contributed by atoms with van der Waals surface area (Å²) in [5.41, 5.74) is 1.10. The van der Waals surface area contributed by atoms with Crippen molar-refractivity contribution in [3.8, 4) is 0 Å². The van der Waals surface area contributed by atoms with E-state index in [-0.39, 0.29) is 5.38 Å². The fourth-order valence-corrected chi connectivity index (χ4v) is 2.65. The molecule has 0 aliphatic heterocycles. The molecule has 94 valence electrons. The maximum atomic E-state index is 6.33. The summed E-state index contributed by atoms with van der Waals surface area (Å²) in [6.07, 6.45) is 8.50. The summed E-state index contributed by atoms with van der Waals surface area (Å²) in [5.74, 6) is 0.918. The molecule has 1 fully saturated rings. The van der Waals surface area contributed by atoms with Crippen molar-refractivity contribution in [2.45, 2.75) is 56.9 Å². The number of nitrogens with one attached hydrogen (secondary N) is 1. The van der Waals surface area contributed by atoms with E-state index in [1.165, 1.54) is 12.8 Å². The number of halogens is 1. The Morgan fingerprint density at radius 1 is 1.35 bits per heavy atom. The van der Waals surface area contributed by atoms with E-state index in [1.54, 1.807) is 6.33 Å². The minimum Gasteiger partial charge on any atom is -0.366 e. The van der Waals surface area contributed by atoms with Gasteiger partial charge < -0.3 is 5.32 Å². The van der Waals surface area contributed by atoms with Gasteiger partial charge in [-0.2, -0.15) is 0 Å². The van der Waals surface area contributed by atoms with E-state index in [0.717, 1.165) is 37.2 Å². The van der Waals surface area contributed by atoms with Gasteiger partial charge in [-0.05, 0) is 19.3 Å². The fraction of sp³-hybridized carbons (Fsp3) is 0.692. The maximum Gasteiger partial charge on any atom is 0.129 e. The Morgan fingerprint density at radius 2 is 2.18 bits per heavy atom. The number of rotatable bonds is 4. The van der Waals surface area contributed by atoms with Gasteiger partial charge in [-0.3, -0.25) is 0 Å². The van der Waals surface area contributed by atoms with Crippen LogP contribution >= 0.6 is 11.6 Å². The zero-order valence-corrected chi connectivity index (χ0v) is 11.1. The molecule has 0 spiro atoms. The van der Waals surface area contributed by atoms with Gasteiger partial charge in [0.05, 0.1) is 5.38 Å². The van der Waals surface area contributed by atoms with Crippen molar-refractivity contribution in [1.29, 1.82) is 0 Å². The number of nitrogens with zero attached hydrogens (tertiary/aromatic N) is 2. The smallest absolute Gasteiger partial charge is 0.129 e. The second-order valence-corrected chi connectivity index (χ2v) is 5.26. The van der Waals surface area contributed by atoms with Gasteiger partial charge in [0.2, 0.25) is 0 Å². The van der Waals surface area contributed by atoms with Crippen molar-refractivity contribution in [2.75, 3.05) is 5.32 Å². The monoisotopic (exact) mass is 253 g/mol. The first-order valence-corrected chi connectivity index (χ1v) is 6.94. The number of hydrogen-bond acceptors (Lipinski definition) is 3. The number of anilines is 1. The first-order chi connectivity index (χ1) is 8.29. The molecule has 2 rings (SSSR count). The van der Waals surface area contributed by atoms with Gasteiger partial charge in [0.1, 0.15) is 12.1 Å². The second kappa shape index (κ2) is 6.20. The molecule has 0 radical (unpaired) electrons. The van der Waals surface area contributed by atoms with Gasteiger partial charge in [-0.15, -0.1) is 11.6 Å². The largest absolute Gasteiger partial charge is 0.366 e. The number of aromatic nitrogens is 2. The summed E-state index contributed by atoms with van der Waals surface area (Å²) in [4.78, 5) is 8.53. The zero-order chi connectivity index (χ0) is 12.1. The molecule has 1 saturated carbocycles. The molecule has 1 aromatic rings. The highest BCUT2D eigenvalue weighted by Crippen LogP contribution is 2.25. The summed E-state index contributed by atoms with van der Waals surface area (Å²) in [7, 11) is 0. The lowest BCUT2D eigenvalue weighted by Crippen LogP contribution is -2.33. The highest BCUT2D eigenvalue weighted by molar-refractivity contribution is 6.21. The third-order valence-electron chi connectivity index (χ3n) is 3.24. The topological polar surface area (TPSA) is 37.8 Å². The Morgan fingerprint density at radius 3 is 2.94 bits per heavy atom. The molecule has 0 bridgehead atoms. The predicted molar refractivity (Wildman–Crippen MR) is 71.5 cm³/mol. The third kappa shape index (κ3) is 3.56. The summed E-state index contributed by atoms with van der Waals surface area (Å²) >= 11 is 6.33. The van der Waals surface area contributed by atoms with Crippen LogP contribution in [0.3, 0.4) is 0 Å².